The Labute approximate surface area is 127 Å². The van der Waals surface area contributed by atoms with E-state index in [2.05, 4.69) is 19.9 Å². The van der Waals surface area contributed by atoms with Gasteiger partial charge in [-0.25, -0.2) is 9.97 Å². The fraction of sp³-hybridized carbons (Fsp3) is 0.312. The van der Waals surface area contributed by atoms with Crippen LogP contribution < -0.4 is 0 Å². The van der Waals surface area contributed by atoms with Gasteiger partial charge in [-0.05, 0) is 19.1 Å². The van der Waals surface area contributed by atoms with Gasteiger partial charge in [0.15, 0.2) is 0 Å². The fourth-order valence-corrected chi connectivity index (χ4v) is 2.99. The summed E-state index contributed by atoms with van der Waals surface area (Å²) in [5.74, 6) is 1.73. The van der Waals surface area contributed by atoms with E-state index in [-0.39, 0.29) is 5.91 Å². The van der Waals surface area contributed by atoms with Crippen LogP contribution in [0.4, 0.5) is 0 Å². The van der Waals surface area contributed by atoms with Gasteiger partial charge < -0.3 is 14.9 Å². The van der Waals surface area contributed by atoms with E-state index in [0.717, 1.165) is 47.0 Å². The molecule has 6 heteroatoms. The number of hydrogen-bond acceptors (Lipinski definition) is 3. The largest absolute Gasteiger partial charge is 0.344 e. The minimum atomic E-state index is 0.0944. The first-order valence-electron chi connectivity index (χ1n) is 7.45. The van der Waals surface area contributed by atoms with Gasteiger partial charge in [-0.15, -0.1) is 0 Å². The third-order valence-electron chi connectivity index (χ3n) is 4.06. The van der Waals surface area contributed by atoms with Gasteiger partial charge in [-0.2, -0.15) is 0 Å². The summed E-state index contributed by atoms with van der Waals surface area (Å²) in [6, 6.07) is 7.82. The van der Waals surface area contributed by atoms with Crippen LogP contribution in [0, 0.1) is 6.92 Å². The quantitative estimate of drug-likeness (QED) is 0.755. The number of fused-ring (bicyclic) bond motifs is 2. The lowest BCUT2D eigenvalue weighted by Gasteiger charge is -2.25. The number of nitrogens with one attached hydrogen (secondary N) is 2. The average Bonchev–Trinajstić information content (AvgIpc) is 3.07. The highest BCUT2D eigenvalue weighted by Gasteiger charge is 2.23. The maximum atomic E-state index is 12.5. The number of H-pyrrole nitrogens is 2. The average molecular weight is 295 g/mol. The van der Waals surface area contributed by atoms with Gasteiger partial charge in [0, 0.05) is 13.0 Å². The molecule has 4 rings (SSSR count). The maximum Gasteiger partial charge on any atom is 0.230 e. The third kappa shape index (κ3) is 2.26. The Hall–Kier alpha value is -2.63. The highest BCUT2D eigenvalue weighted by Crippen LogP contribution is 2.18. The molecule has 0 fully saturated rings. The van der Waals surface area contributed by atoms with Gasteiger partial charge in [0.2, 0.25) is 5.91 Å². The molecule has 3 aromatic rings. The number of carbonyl (C=O) groups excluding carboxylic acids is 1. The zero-order valence-electron chi connectivity index (χ0n) is 12.4. The lowest BCUT2D eigenvalue weighted by Crippen LogP contribution is -2.37. The van der Waals surface area contributed by atoms with Gasteiger partial charge in [-0.1, -0.05) is 12.1 Å². The summed E-state index contributed by atoms with van der Waals surface area (Å²) in [6.45, 7) is 3.27. The van der Waals surface area contributed by atoms with Crippen molar-refractivity contribution in [1.82, 2.24) is 24.8 Å². The lowest BCUT2D eigenvalue weighted by molar-refractivity contribution is -0.131. The minimum absolute atomic E-state index is 0.0944. The molecular formula is C16H17N5O. The molecule has 0 bridgehead atoms. The third-order valence-corrected chi connectivity index (χ3v) is 4.06. The Kier molecular flexibility index (Phi) is 2.96. The molecule has 1 amide bonds. The Morgan fingerprint density at radius 1 is 1.27 bits per heavy atom. The highest BCUT2D eigenvalue weighted by molar-refractivity contribution is 5.80. The van der Waals surface area contributed by atoms with E-state index >= 15 is 0 Å². The maximum absolute atomic E-state index is 12.5. The summed E-state index contributed by atoms with van der Waals surface area (Å²) in [4.78, 5) is 29.7. The molecule has 0 spiro atoms. The number of benzene rings is 1. The minimum Gasteiger partial charge on any atom is -0.344 e. The predicted molar refractivity (Wildman–Crippen MR) is 82.2 cm³/mol. The Morgan fingerprint density at radius 3 is 3.00 bits per heavy atom. The second kappa shape index (κ2) is 4.98. The second-order valence-corrected chi connectivity index (χ2v) is 5.69. The van der Waals surface area contributed by atoms with E-state index < -0.39 is 0 Å². The normalized spacial score (nSPS) is 14.3. The summed E-state index contributed by atoms with van der Waals surface area (Å²) in [5, 5.41) is 0. The zero-order valence-corrected chi connectivity index (χ0v) is 12.4. The number of aryl methyl sites for hydroxylation is 1. The summed E-state index contributed by atoms with van der Waals surface area (Å²) in [6.07, 6.45) is 1.11. The topological polar surface area (TPSA) is 77.7 Å². The molecule has 22 heavy (non-hydrogen) atoms. The van der Waals surface area contributed by atoms with Crippen LogP contribution in [0.5, 0.6) is 0 Å². The van der Waals surface area contributed by atoms with E-state index in [0.29, 0.717) is 13.0 Å². The number of aromatic nitrogens is 4. The van der Waals surface area contributed by atoms with Crippen molar-refractivity contribution in [3.8, 4) is 0 Å². The first kappa shape index (κ1) is 13.1. The van der Waals surface area contributed by atoms with E-state index in [4.69, 9.17) is 0 Å². The van der Waals surface area contributed by atoms with Gasteiger partial charge in [0.1, 0.15) is 11.6 Å². The van der Waals surface area contributed by atoms with Crippen LogP contribution >= 0.6 is 0 Å². The van der Waals surface area contributed by atoms with Crippen molar-refractivity contribution in [2.45, 2.75) is 26.3 Å². The molecule has 2 N–H and O–H groups in total. The predicted octanol–water partition coefficient (Wildman–Crippen LogP) is 1.72. The van der Waals surface area contributed by atoms with Gasteiger partial charge in [0.25, 0.3) is 0 Å². The summed E-state index contributed by atoms with van der Waals surface area (Å²) < 4.78 is 0. The SMILES string of the molecule is Cc1nc2c([nH]1)CN(C(=O)Cc1nc3ccccc3[nH]1)CC2. The molecule has 0 saturated carbocycles. The van der Waals surface area contributed by atoms with E-state index in [1.807, 2.05) is 36.1 Å². The van der Waals surface area contributed by atoms with Crippen molar-refractivity contribution in [3.05, 3.63) is 47.3 Å². The monoisotopic (exact) mass is 295 g/mol. The number of imidazole rings is 2. The van der Waals surface area contributed by atoms with E-state index in [1.165, 1.54) is 0 Å². The first-order chi connectivity index (χ1) is 10.7. The lowest BCUT2D eigenvalue weighted by atomic mass is 10.1. The van der Waals surface area contributed by atoms with Crippen LogP contribution in [0.1, 0.15) is 23.0 Å². The van der Waals surface area contributed by atoms with Crippen LogP contribution in [0.25, 0.3) is 11.0 Å². The molecule has 112 valence electrons. The standard InChI is InChI=1S/C16H17N5O/c1-10-17-13-6-7-21(9-14(13)18-10)16(22)8-15-19-11-4-2-3-5-12(11)20-15/h2-5H,6-9H2,1H3,(H,17,18)(H,19,20). The summed E-state index contributed by atoms with van der Waals surface area (Å²) >= 11 is 0. The van der Waals surface area contributed by atoms with Crippen LogP contribution in [0.3, 0.4) is 0 Å². The number of carbonyl (C=O) groups is 1. The zero-order chi connectivity index (χ0) is 15.1. The van der Waals surface area contributed by atoms with Crippen molar-refractivity contribution in [1.29, 1.82) is 0 Å². The number of aromatic amines is 2. The first-order valence-corrected chi connectivity index (χ1v) is 7.45. The number of amides is 1. The van der Waals surface area contributed by atoms with Gasteiger partial charge in [-0.3, -0.25) is 4.79 Å². The van der Waals surface area contributed by atoms with E-state index in [1.54, 1.807) is 0 Å². The summed E-state index contributed by atoms with van der Waals surface area (Å²) in [5.41, 5.74) is 4.01. The number of hydrogen-bond donors (Lipinski definition) is 2. The molecule has 0 radical (unpaired) electrons. The van der Waals surface area contributed by atoms with Crippen molar-refractivity contribution in [2.75, 3.05) is 6.54 Å². The van der Waals surface area contributed by atoms with Gasteiger partial charge in [0.05, 0.1) is 35.4 Å². The molecule has 0 saturated heterocycles. The van der Waals surface area contributed by atoms with Crippen molar-refractivity contribution < 1.29 is 4.79 Å². The van der Waals surface area contributed by atoms with Crippen LogP contribution in [0.15, 0.2) is 24.3 Å². The molecule has 2 aromatic heterocycles. The Morgan fingerprint density at radius 2 is 2.14 bits per heavy atom. The van der Waals surface area contributed by atoms with Crippen molar-refractivity contribution in [3.63, 3.8) is 0 Å². The fourth-order valence-electron chi connectivity index (χ4n) is 2.99. The van der Waals surface area contributed by atoms with Crippen LogP contribution in [-0.4, -0.2) is 37.3 Å². The van der Waals surface area contributed by atoms with Crippen molar-refractivity contribution >= 4 is 16.9 Å². The van der Waals surface area contributed by atoms with E-state index in [9.17, 15) is 4.79 Å². The van der Waals surface area contributed by atoms with Gasteiger partial charge >= 0.3 is 0 Å². The number of nitrogens with zero attached hydrogens (tertiary/aromatic N) is 3. The molecule has 0 aliphatic carbocycles. The molecule has 6 nitrogen and oxygen atoms in total. The molecule has 3 heterocycles. The molecule has 1 aliphatic rings. The highest BCUT2D eigenvalue weighted by atomic mass is 16.2. The molecule has 1 aliphatic heterocycles. The number of para-hydroxylation sites is 2. The Bertz CT molecular complexity index is 814. The number of rotatable bonds is 2. The second-order valence-electron chi connectivity index (χ2n) is 5.69. The molecular weight excluding hydrogens is 278 g/mol. The smallest absolute Gasteiger partial charge is 0.230 e. The molecule has 1 aromatic carbocycles. The summed E-state index contributed by atoms with van der Waals surface area (Å²) in [7, 11) is 0. The molecule has 0 unspecified atom stereocenters. The van der Waals surface area contributed by atoms with Crippen LogP contribution in [0.2, 0.25) is 0 Å². The van der Waals surface area contributed by atoms with Crippen molar-refractivity contribution in [2.24, 2.45) is 0 Å². The van der Waals surface area contributed by atoms with Crippen LogP contribution in [-0.2, 0) is 24.2 Å². The molecule has 0 atom stereocenters. The Balaban J connectivity index is 1.50.